The summed E-state index contributed by atoms with van der Waals surface area (Å²) in [5.41, 5.74) is 13.0. The summed E-state index contributed by atoms with van der Waals surface area (Å²) in [4.78, 5) is 14.8. The van der Waals surface area contributed by atoms with E-state index in [1.54, 1.807) is 0 Å². The van der Waals surface area contributed by atoms with Crippen molar-refractivity contribution in [1.29, 1.82) is 0 Å². The number of rotatable bonds is 8. The normalized spacial score (nSPS) is 11.2. The summed E-state index contributed by atoms with van der Waals surface area (Å²) < 4.78 is 2.35. The molecule has 2 aromatic heterocycles. The summed E-state index contributed by atoms with van der Waals surface area (Å²) in [6.07, 6.45) is 3.75. The fourth-order valence-electron chi connectivity index (χ4n) is 6.98. The van der Waals surface area contributed by atoms with Crippen molar-refractivity contribution in [2.24, 2.45) is 0 Å². The number of benzene rings is 7. The standard InChI is InChI=1S/C49H34N4/c1-3-33-15-19-35(20-16-33)40-25-29-45-43(31-40)44-32-41(36-21-17-34(4-2)18-22-36)26-30-46(44)53(45)42-27-23-39(24-28-42)49-51-47(37-11-7-5-8-12-37)50-48(52-49)38-13-9-6-10-14-38/h3-32H,1-2H2. The second kappa shape index (κ2) is 13.5. The molecule has 0 bridgehead atoms. The van der Waals surface area contributed by atoms with Gasteiger partial charge in [0.05, 0.1) is 11.0 Å². The summed E-state index contributed by atoms with van der Waals surface area (Å²) in [6.45, 7) is 7.84. The average Bonchev–Trinajstić information content (AvgIpc) is 3.57. The number of fused-ring (bicyclic) bond motifs is 3. The smallest absolute Gasteiger partial charge is 0.164 e. The second-order valence-corrected chi connectivity index (χ2v) is 13.0. The Bertz CT molecular complexity index is 2600. The van der Waals surface area contributed by atoms with Crippen LogP contribution >= 0.6 is 0 Å². The lowest BCUT2D eigenvalue weighted by Crippen LogP contribution is -2.00. The summed E-state index contributed by atoms with van der Waals surface area (Å²) in [5, 5.41) is 2.38. The van der Waals surface area contributed by atoms with Crippen molar-refractivity contribution in [3.8, 4) is 62.1 Å². The van der Waals surface area contributed by atoms with Gasteiger partial charge in [-0.05, 0) is 81.9 Å². The van der Waals surface area contributed by atoms with Gasteiger partial charge in [0, 0.05) is 33.2 Å². The molecule has 0 atom stereocenters. The van der Waals surface area contributed by atoms with E-state index in [2.05, 4.69) is 127 Å². The first-order valence-electron chi connectivity index (χ1n) is 17.7. The second-order valence-electron chi connectivity index (χ2n) is 13.0. The van der Waals surface area contributed by atoms with E-state index in [0.717, 1.165) is 44.5 Å². The number of nitrogens with zero attached hydrogens (tertiary/aromatic N) is 4. The van der Waals surface area contributed by atoms with Gasteiger partial charge in [0.25, 0.3) is 0 Å². The molecule has 7 aromatic carbocycles. The molecule has 250 valence electrons. The van der Waals surface area contributed by atoms with Gasteiger partial charge in [-0.2, -0.15) is 0 Å². The van der Waals surface area contributed by atoms with Crippen molar-refractivity contribution >= 4 is 34.0 Å². The molecule has 9 aromatic rings. The van der Waals surface area contributed by atoms with Crippen LogP contribution in [0.1, 0.15) is 11.1 Å². The summed E-state index contributed by atoms with van der Waals surface area (Å²) in [6, 6.07) is 59.3. The molecule has 9 rings (SSSR count). The zero-order valence-electron chi connectivity index (χ0n) is 29.0. The summed E-state index contributed by atoms with van der Waals surface area (Å²) >= 11 is 0. The van der Waals surface area contributed by atoms with Crippen LogP contribution in [0, 0.1) is 0 Å². The van der Waals surface area contributed by atoms with Crippen molar-refractivity contribution in [2.45, 2.75) is 0 Å². The third-order valence-electron chi connectivity index (χ3n) is 9.81. The quantitative estimate of drug-likeness (QED) is 0.161. The number of aromatic nitrogens is 4. The van der Waals surface area contributed by atoms with Gasteiger partial charge in [-0.1, -0.05) is 147 Å². The van der Waals surface area contributed by atoms with Gasteiger partial charge in [-0.15, -0.1) is 0 Å². The Hall–Kier alpha value is -7.17. The maximum absolute atomic E-state index is 4.95. The molecule has 0 aliphatic carbocycles. The van der Waals surface area contributed by atoms with Crippen LogP contribution < -0.4 is 0 Å². The molecule has 4 nitrogen and oxygen atoms in total. The molecule has 0 amide bonds. The van der Waals surface area contributed by atoms with Gasteiger partial charge in [-0.3, -0.25) is 0 Å². The SMILES string of the molecule is C=Cc1ccc(-c2ccc3c(c2)c2cc(-c4ccc(C=C)cc4)ccc2n3-c2ccc(-c3nc(-c4ccccc4)nc(-c4ccccc4)n3)cc2)cc1. The van der Waals surface area contributed by atoms with E-state index in [0.29, 0.717) is 17.5 Å². The van der Waals surface area contributed by atoms with Crippen LogP contribution in [0.2, 0.25) is 0 Å². The molecule has 0 unspecified atom stereocenters. The van der Waals surface area contributed by atoms with Crippen LogP contribution in [0.4, 0.5) is 0 Å². The van der Waals surface area contributed by atoms with Crippen molar-refractivity contribution in [3.05, 3.63) is 194 Å². The predicted octanol–water partition coefficient (Wildman–Crippen LogP) is 12.6. The molecule has 4 heteroatoms. The molecular formula is C49H34N4. The van der Waals surface area contributed by atoms with Gasteiger partial charge >= 0.3 is 0 Å². The molecule has 0 radical (unpaired) electrons. The van der Waals surface area contributed by atoms with Crippen molar-refractivity contribution < 1.29 is 0 Å². The van der Waals surface area contributed by atoms with Gasteiger partial charge in [0.2, 0.25) is 0 Å². The van der Waals surface area contributed by atoms with Crippen LogP contribution in [0.5, 0.6) is 0 Å². The van der Waals surface area contributed by atoms with Crippen molar-refractivity contribution in [3.63, 3.8) is 0 Å². The summed E-state index contributed by atoms with van der Waals surface area (Å²) in [7, 11) is 0. The molecule has 2 heterocycles. The van der Waals surface area contributed by atoms with Gasteiger partial charge < -0.3 is 4.57 Å². The summed E-state index contributed by atoms with van der Waals surface area (Å²) in [5.74, 6) is 1.92. The molecule has 0 aliphatic rings. The minimum atomic E-state index is 0.630. The Morgan fingerprint density at radius 2 is 0.717 bits per heavy atom. The maximum Gasteiger partial charge on any atom is 0.164 e. The highest BCUT2D eigenvalue weighted by Gasteiger charge is 2.17. The van der Waals surface area contributed by atoms with Crippen LogP contribution in [-0.2, 0) is 0 Å². The molecule has 0 spiro atoms. The highest BCUT2D eigenvalue weighted by molar-refractivity contribution is 6.11. The van der Waals surface area contributed by atoms with Crippen LogP contribution in [0.25, 0.3) is 96.1 Å². The van der Waals surface area contributed by atoms with Gasteiger partial charge in [-0.25, -0.2) is 15.0 Å². The van der Waals surface area contributed by atoms with E-state index in [1.807, 2.05) is 72.8 Å². The molecular weight excluding hydrogens is 645 g/mol. The highest BCUT2D eigenvalue weighted by Crippen LogP contribution is 2.38. The Morgan fingerprint density at radius 1 is 0.358 bits per heavy atom. The predicted molar refractivity (Wildman–Crippen MR) is 222 cm³/mol. The number of hydrogen-bond donors (Lipinski definition) is 0. The van der Waals surface area contributed by atoms with Crippen LogP contribution in [0.15, 0.2) is 183 Å². The van der Waals surface area contributed by atoms with Crippen LogP contribution in [-0.4, -0.2) is 19.5 Å². The minimum absolute atomic E-state index is 0.630. The minimum Gasteiger partial charge on any atom is -0.309 e. The molecule has 0 saturated heterocycles. The topological polar surface area (TPSA) is 43.6 Å². The first-order valence-corrected chi connectivity index (χ1v) is 17.7. The van der Waals surface area contributed by atoms with E-state index in [1.165, 1.54) is 33.0 Å². The maximum atomic E-state index is 4.95. The Labute approximate surface area is 308 Å². The van der Waals surface area contributed by atoms with Crippen molar-refractivity contribution in [1.82, 2.24) is 19.5 Å². The van der Waals surface area contributed by atoms with E-state index in [9.17, 15) is 0 Å². The van der Waals surface area contributed by atoms with Crippen LogP contribution in [0.3, 0.4) is 0 Å². The van der Waals surface area contributed by atoms with Gasteiger partial charge in [0.15, 0.2) is 17.5 Å². The van der Waals surface area contributed by atoms with Crippen molar-refractivity contribution in [2.75, 3.05) is 0 Å². The molecule has 0 aliphatic heterocycles. The first-order chi connectivity index (χ1) is 26.1. The molecule has 0 N–H and O–H groups in total. The first kappa shape index (κ1) is 31.8. The third kappa shape index (κ3) is 6.02. The van der Waals surface area contributed by atoms with E-state index >= 15 is 0 Å². The zero-order chi connectivity index (χ0) is 35.7. The molecule has 0 fully saturated rings. The lowest BCUT2D eigenvalue weighted by Gasteiger charge is -2.11. The third-order valence-corrected chi connectivity index (χ3v) is 9.81. The number of hydrogen-bond acceptors (Lipinski definition) is 3. The fourth-order valence-corrected chi connectivity index (χ4v) is 6.98. The molecule has 0 saturated carbocycles. The highest BCUT2D eigenvalue weighted by atomic mass is 15.0. The Balaban J connectivity index is 1.18. The zero-order valence-corrected chi connectivity index (χ0v) is 29.0. The lowest BCUT2D eigenvalue weighted by molar-refractivity contribution is 1.07. The lowest BCUT2D eigenvalue weighted by atomic mass is 9.99. The average molecular weight is 679 g/mol. The van der Waals surface area contributed by atoms with E-state index in [-0.39, 0.29) is 0 Å². The Morgan fingerprint density at radius 3 is 1.11 bits per heavy atom. The Kier molecular flexibility index (Phi) is 8.10. The fraction of sp³-hybridized carbons (Fsp3) is 0. The van der Waals surface area contributed by atoms with Gasteiger partial charge in [0.1, 0.15) is 0 Å². The van der Waals surface area contributed by atoms with E-state index < -0.39 is 0 Å². The monoisotopic (exact) mass is 678 g/mol. The molecule has 53 heavy (non-hydrogen) atoms. The largest absolute Gasteiger partial charge is 0.309 e. The van der Waals surface area contributed by atoms with E-state index in [4.69, 9.17) is 15.0 Å².